The minimum atomic E-state index is 0.601. The summed E-state index contributed by atoms with van der Waals surface area (Å²) in [6.45, 7) is 6.23. The van der Waals surface area contributed by atoms with E-state index in [9.17, 15) is 0 Å². The van der Waals surface area contributed by atoms with Crippen LogP contribution in [0.2, 0.25) is 0 Å². The summed E-state index contributed by atoms with van der Waals surface area (Å²) in [5, 5.41) is 0. The van der Waals surface area contributed by atoms with Gasteiger partial charge in [-0.3, -0.25) is 0 Å². The third-order valence-corrected chi connectivity index (χ3v) is 4.23. The van der Waals surface area contributed by atoms with Gasteiger partial charge < -0.3 is 15.5 Å². The number of anilines is 1. The number of rotatable bonds is 6. The van der Waals surface area contributed by atoms with Crippen LogP contribution in [0, 0.1) is 5.92 Å². The second-order valence-corrected chi connectivity index (χ2v) is 6.47. The maximum atomic E-state index is 5.84. The van der Waals surface area contributed by atoms with Gasteiger partial charge in [-0.25, -0.2) is 4.98 Å². The average Bonchev–Trinajstić information content (AvgIpc) is 2.47. The minimum Gasteiger partial charge on any atom is -0.357 e. The lowest BCUT2D eigenvalue weighted by molar-refractivity contribution is 0.284. The molecule has 2 heterocycles. The molecule has 1 aromatic rings. The van der Waals surface area contributed by atoms with Crippen LogP contribution in [0.5, 0.6) is 0 Å². The molecule has 4 nitrogen and oxygen atoms in total. The van der Waals surface area contributed by atoms with E-state index in [1.807, 2.05) is 0 Å². The van der Waals surface area contributed by atoms with E-state index in [0.717, 1.165) is 37.7 Å². The Morgan fingerprint density at radius 2 is 2.00 bits per heavy atom. The van der Waals surface area contributed by atoms with Gasteiger partial charge in [-0.05, 0) is 57.0 Å². The van der Waals surface area contributed by atoms with Gasteiger partial charge in [-0.15, -0.1) is 0 Å². The fourth-order valence-corrected chi connectivity index (χ4v) is 3.16. The quantitative estimate of drug-likeness (QED) is 0.873. The predicted molar refractivity (Wildman–Crippen MR) is 89.6 cm³/mol. The van der Waals surface area contributed by atoms with E-state index in [4.69, 9.17) is 10.7 Å². The Labute approximate surface area is 129 Å². The van der Waals surface area contributed by atoms with Crippen molar-refractivity contribution >= 4 is 5.82 Å². The molecule has 21 heavy (non-hydrogen) atoms. The summed E-state index contributed by atoms with van der Waals surface area (Å²) < 4.78 is 0. The Morgan fingerprint density at radius 1 is 1.29 bits per heavy atom. The Hall–Kier alpha value is -1.13. The molecule has 1 aliphatic heterocycles. The van der Waals surface area contributed by atoms with Crippen LogP contribution in [0.15, 0.2) is 12.1 Å². The highest BCUT2D eigenvalue weighted by atomic mass is 15.2. The molecular formula is C17H30N4. The summed E-state index contributed by atoms with van der Waals surface area (Å²) in [5.74, 6) is 1.95. The average molecular weight is 290 g/mol. The zero-order chi connectivity index (χ0) is 15.2. The molecule has 0 radical (unpaired) electrons. The van der Waals surface area contributed by atoms with Crippen LogP contribution >= 0.6 is 0 Å². The highest BCUT2D eigenvalue weighted by molar-refractivity contribution is 5.43. The number of hydrogen-bond acceptors (Lipinski definition) is 4. The van der Waals surface area contributed by atoms with Crippen LogP contribution in [0.25, 0.3) is 0 Å². The maximum absolute atomic E-state index is 5.84. The number of aromatic nitrogens is 1. The van der Waals surface area contributed by atoms with Gasteiger partial charge in [0.2, 0.25) is 0 Å². The zero-order valence-electron chi connectivity index (χ0n) is 13.8. The van der Waals surface area contributed by atoms with Gasteiger partial charge in [0, 0.05) is 31.9 Å². The summed E-state index contributed by atoms with van der Waals surface area (Å²) in [7, 11) is 4.32. The lowest BCUT2D eigenvalue weighted by Crippen LogP contribution is -2.37. The highest BCUT2D eigenvalue weighted by Gasteiger charge is 2.21. The molecule has 0 aliphatic carbocycles. The molecule has 1 aliphatic rings. The van der Waals surface area contributed by atoms with E-state index < -0.39 is 0 Å². The largest absolute Gasteiger partial charge is 0.357 e. The molecule has 0 saturated carbocycles. The fourth-order valence-electron chi connectivity index (χ4n) is 3.16. The third-order valence-electron chi connectivity index (χ3n) is 4.23. The molecule has 0 bridgehead atoms. The van der Waals surface area contributed by atoms with Crippen molar-refractivity contribution in [3.05, 3.63) is 23.4 Å². The first-order valence-corrected chi connectivity index (χ1v) is 8.22. The van der Waals surface area contributed by atoms with Gasteiger partial charge in [0.15, 0.2) is 0 Å². The Bertz CT molecular complexity index is 436. The first-order valence-electron chi connectivity index (χ1n) is 8.22. The molecule has 1 fully saturated rings. The van der Waals surface area contributed by atoms with E-state index in [2.05, 4.69) is 43.0 Å². The fraction of sp³-hybridized carbons (Fsp3) is 0.706. The van der Waals surface area contributed by atoms with Gasteiger partial charge in [0.25, 0.3) is 0 Å². The molecule has 0 unspecified atom stereocenters. The lowest BCUT2D eigenvalue weighted by Gasteiger charge is -2.34. The van der Waals surface area contributed by atoms with E-state index in [1.54, 1.807) is 0 Å². The van der Waals surface area contributed by atoms with Crippen molar-refractivity contribution in [2.75, 3.05) is 38.6 Å². The minimum absolute atomic E-state index is 0.601. The number of aryl methyl sites for hydroxylation is 1. The zero-order valence-corrected chi connectivity index (χ0v) is 13.8. The van der Waals surface area contributed by atoms with Gasteiger partial charge >= 0.3 is 0 Å². The second kappa shape index (κ2) is 7.76. The van der Waals surface area contributed by atoms with Crippen molar-refractivity contribution in [1.29, 1.82) is 0 Å². The van der Waals surface area contributed by atoms with Gasteiger partial charge in [0.05, 0.1) is 0 Å². The molecule has 0 spiro atoms. The lowest BCUT2D eigenvalue weighted by atomic mass is 9.96. The Morgan fingerprint density at radius 3 is 2.57 bits per heavy atom. The molecule has 0 amide bonds. The first-order chi connectivity index (χ1) is 10.1. The van der Waals surface area contributed by atoms with Crippen LogP contribution in [0.3, 0.4) is 0 Å². The molecule has 4 heteroatoms. The number of nitrogens with two attached hydrogens (primary N) is 1. The second-order valence-electron chi connectivity index (χ2n) is 6.47. The van der Waals surface area contributed by atoms with Crippen molar-refractivity contribution in [3.63, 3.8) is 0 Å². The normalized spacial score (nSPS) is 16.7. The summed E-state index contributed by atoms with van der Waals surface area (Å²) in [5.41, 5.74) is 8.23. The summed E-state index contributed by atoms with van der Waals surface area (Å²) >= 11 is 0. The number of hydrogen-bond donors (Lipinski definition) is 1. The Kier molecular flexibility index (Phi) is 6.00. The molecule has 1 aromatic heterocycles. The maximum Gasteiger partial charge on any atom is 0.129 e. The predicted octanol–water partition coefficient (Wildman–Crippen LogP) is 2.27. The SMILES string of the molecule is CCCc1cc(CN)cc(N2CCC(CN(C)C)CC2)n1. The summed E-state index contributed by atoms with van der Waals surface area (Å²) in [4.78, 5) is 9.57. The molecule has 0 aromatic carbocycles. The van der Waals surface area contributed by atoms with Crippen LogP contribution in [0.1, 0.15) is 37.4 Å². The molecule has 2 N–H and O–H groups in total. The van der Waals surface area contributed by atoms with Crippen LogP contribution in [-0.2, 0) is 13.0 Å². The topological polar surface area (TPSA) is 45.4 Å². The molecule has 118 valence electrons. The molecule has 0 atom stereocenters. The van der Waals surface area contributed by atoms with Crippen LogP contribution < -0.4 is 10.6 Å². The van der Waals surface area contributed by atoms with E-state index in [-0.39, 0.29) is 0 Å². The van der Waals surface area contributed by atoms with Gasteiger partial charge in [-0.1, -0.05) is 13.3 Å². The first kappa shape index (κ1) is 16.2. The Balaban J connectivity index is 2.03. The van der Waals surface area contributed by atoms with Gasteiger partial charge in [-0.2, -0.15) is 0 Å². The van der Waals surface area contributed by atoms with E-state index >= 15 is 0 Å². The standard InChI is InChI=1S/C17H30N4/c1-4-5-16-10-15(12-18)11-17(19-16)21-8-6-14(7-9-21)13-20(2)3/h10-11,14H,4-9,12-13,18H2,1-3H3. The highest BCUT2D eigenvalue weighted by Crippen LogP contribution is 2.23. The monoisotopic (exact) mass is 290 g/mol. The smallest absolute Gasteiger partial charge is 0.129 e. The van der Waals surface area contributed by atoms with Gasteiger partial charge in [0.1, 0.15) is 5.82 Å². The van der Waals surface area contributed by atoms with Crippen molar-refractivity contribution in [1.82, 2.24) is 9.88 Å². The van der Waals surface area contributed by atoms with Crippen molar-refractivity contribution in [3.8, 4) is 0 Å². The third kappa shape index (κ3) is 4.68. The van der Waals surface area contributed by atoms with Crippen molar-refractivity contribution in [2.45, 2.75) is 39.2 Å². The molecule has 1 saturated heterocycles. The number of piperidine rings is 1. The van der Waals surface area contributed by atoms with Crippen LogP contribution in [0.4, 0.5) is 5.82 Å². The van der Waals surface area contributed by atoms with E-state index in [0.29, 0.717) is 6.54 Å². The summed E-state index contributed by atoms with van der Waals surface area (Å²) in [6.07, 6.45) is 4.69. The van der Waals surface area contributed by atoms with E-state index in [1.165, 1.54) is 30.6 Å². The van der Waals surface area contributed by atoms with Crippen molar-refractivity contribution in [2.24, 2.45) is 11.7 Å². The van der Waals surface area contributed by atoms with Crippen molar-refractivity contribution < 1.29 is 0 Å². The number of nitrogens with zero attached hydrogens (tertiary/aromatic N) is 3. The summed E-state index contributed by atoms with van der Waals surface area (Å²) in [6, 6.07) is 4.33. The van der Waals surface area contributed by atoms with Crippen LogP contribution in [-0.4, -0.2) is 43.6 Å². The number of pyridine rings is 1. The molecular weight excluding hydrogens is 260 g/mol. The molecule has 2 rings (SSSR count).